The molecule has 8 heteroatoms. The Morgan fingerprint density at radius 1 is 1.21 bits per heavy atom. The predicted octanol–water partition coefficient (Wildman–Crippen LogP) is 2.55. The summed E-state index contributed by atoms with van der Waals surface area (Å²) in [6, 6.07) is 8.19. The highest BCUT2D eigenvalue weighted by atomic mass is 35.5. The first-order valence-electron chi connectivity index (χ1n) is 10.2. The summed E-state index contributed by atoms with van der Waals surface area (Å²) in [5.41, 5.74) is 1.53. The number of nitrogens with one attached hydrogen (secondary N) is 1. The van der Waals surface area contributed by atoms with Crippen LogP contribution in [0, 0.1) is 0 Å². The van der Waals surface area contributed by atoms with Gasteiger partial charge in [-0.25, -0.2) is 4.98 Å². The second-order valence-electron chi connectivity index (χ2n) is 7.67. The molecule has 1 aliphatic heterocycles. The van der Waals surface area contributed by atoms with E-state index in [0.717, 1.165) is 63.8 Å². The molecule has 0 atom stereocenters. The van der Waals surface area contributed by atoms with E-state index < -0.39 is 0 Å². The van der Waals surface area contributed by atoms with Gasteiger partial charge in [0.05, 0.1) is 19.8 Å². The van der Waals surface area contributed by atoms with Gasteiger partial charge in [0.15, 0.2) is 5.69 Å². The molecule has 0 bridgehead atoms. The van der Waals surface area contributed by atoms with Gasteiger partial charge in [0.25, 0.3) is 5.91 Å². The number of rotatable bonds is 9. The third kappa shape index (κ3) is 6.27. The highest BCUT2D eigenvalue weighted by Gasteiger charge is 2.25. The Hall–Kier alpha value is -1.93. The van der Waals surface area contributed by atoms with Gasteiger partial charge in [-0.15, -0.1) is 0 Å². The van der Waals surface area contributed by atoms with E-state index in [-0.39, 0.29) is 5.91 Å². The van der Waals surface area contributed by atoms with Crippen LogP contribution >= 0.6 is 11.6 Å². The summed E-state index contributed by atoms with van der Waals surface area (Å²) in [5.74, 6) is 0.405. The molecule has 1 aromatic heterocycles. The molecule has 0 radical (unpaired) electrons. The number of nitrogens with zero attached hydrogens (tertiary/aromatic N) is 3. The number of carbonyl (C=O) groups excluding carboxylic acids is 1. The van der Waals surface area contributed by atoms with Gasteiger partial charge in [-0.3, -0.25) is 14.6 Å². The topological polar surface area (TPSA) is 70.8 Å². The zero-order chi connectivity index (χ0) is 20.1. The summed E-state index contributed by atoms with van der Waals surface area (Å²) >= 11 is 6.02. The van der Waals surface area contributed by atoms with Gasteiger partial charge in [-0.05, 0) is 30.5 Å². The van der Waals surface area contributed by atoms with Gasteiger partial charge >= 0.3 is 0 Å². The van der Waals surface area contributed by atoms with Crippen LogP contribution in [0.4, 0.5) is 0 Å². The average molecular weight is 419 g/mol. The SMILES string of the molecule is O=C(NC1CC1)c1coc(CN(CCN2CCOCC2)Cc2ccc(Cl)cc2)n1. The summed E-state index contributed by atoms with van der Waals surface area (Å²) < 4.78 is 11.0. The standard InChI is InChI=1S/C21H27ClN4O3/c22-17-3-1-16(2-4-17)13-26(8-7-25-9-11-28-12-10-25)14-20-24-19(15-29-20)21(27)23-18-5-6-18/h1-4,15,18H,5-14H2,(H,23,27). The number of ether oxygens (including phenoxy) is 1. The Bertz CT molecular complexity index is 801. The zero-order valence-corrected chi connectivity index (χ0v) is 17.2. The first-order chi connectivity index (χ1) is 14.2. The van der Waals surface area contributed by atoms with Crippen molar-refractivity contribution in [1.29, 1.82) is 0 Å². The van der Waals surface area contributed by atoms with Gasteiger partial charge in [0, 0.05) is 43.8 Å². The summed E-state index contributed by atoms with van der Waals surface area (Å²) in [7, 11) is 0. The minimum absolute atomic E-state index is 0.153. The maximum Gasteiger partial charge on any atom is 0.273 e. The molecule has 7 nitrogen and oxygen atoms in total. The molecule has 29 heavy (non-hydrogen) atoms. The molecule has 2 aromatic rings. The minimum Gasteiger partial charge on any atom is -0.447 e. The van der Waals surface area contributed by atoms with E-state index in [1.165, 1.54) is 11.8 Å². The largest absolute Gasteiger partial charge is 0.447 e. The first-order valence-corrected chi connectivity index (χ1v) is 10.6. The van der Waals surface area contributed by atoms with Gasteiger partial charge in [0.1, 0.15) is 6.26 Å². The third-order valence-corrected chi connectivity index (χ3v) is 5.46. The van der Waals surface area contributed by atoms with Gasteiger partial charge in [-0.1, -0.05) is 23.7 Å². The Labute approximate surface area is 176 Å². The lowest BCUT2D eigenvalue weighted by Gasteiger charge is -2.29. The van der Waals surface area contributed by atoms with E-state index in [1.807, 2.05) is 24.3 Å². The number of oxazole rings is 1. The molecule has 1 aromatic carbocycles. The molecule has 0 spiro atoms. The molecule has 4 rings (SSSR count). The summed E-state index contributed by atoms with van der Waals surface area (Å²) in [6.45, 7) is 6.61. The van der Waals surface area contributed by atoms with Crippen molar-refractivity contribution in [2.75, 3.05) is 39.4 Å². The van der Waals surface area contributed by atoms with Crippen LogP contribution in [0.25, 0.3) is 0 Å². The Morgan fingerprint density at radius 2 is 1.97 bits per heavy atom. The lowest BCUT2D eigenvalue weighted by molar-refractivity contribution is 0.0320. The first kappa shape index (κ1) is 20.3. The van der Waals surface area contributed by atoms with Gasteiger partial charge < -0.3 is 14.5 Å². The van der Waals surface area contributed by atoms with Crippen molar-refractivity contribution in [3.05, 3.63) is 52.7 Å². The molecular weight excluding hydrogens is 392 g/mol. The number of aromatic nitrogens is 1. The van der Waals surface area contributed by atoms with Crippen molar-refractivity contribution in [3.8, 4) is 0 Å². The molecule has 0 unspecified atom stereocenters. The third-order valence-electron chi connectivity index (χ3n) is 5.21. The molecule has 1 amide bonds. The number of morpholine rings is 1. The molecule has 156 valence electrons. The quantitative estimate of drug-likeness (QED) is 0.674. The number of benzene rings is 1. The van der Waals surface area contributed by atoms with Crippen LogP contribution in [0.3, 0.4) is 0 Å². The molecule has 1 N–H and O–H groups in total. The predicted molar refractivity (Wildman–Crippen MR) is 110 cm³/mol. The monoisotopic (exact) mass is 418 g/mol. The van der Waals surface area contributed by atoms with Crippen molar-refractivity contribution in [3.63, 3.8) is 0 Å². The van der Waals surface area contributed by atoms with Crippen molar-refractivity contribution in [2.45, 2.75) is 32.0 Å². The summed E-state index contributed by atoms with van der Waals surface area (Å²) in [6.07, 6.45) is 3.55. The van der Waals surface area contributed by atoms with Crippen LogP contribution in [0.15, 0.2) is 34.9 Å². The Kier molecular flexibility index (Phi) is 6.82. The van der Waals surface area contributed by atoms with Crippen LogP contribution in [0.1, 0.15) is 34.8 Å². The Morgan fingerprint density at radius 3 is 2.69 bits per heavy atom. The number of hydrogen-bond acceptors (Lipinski definition) is 6. The van der Waals surface area contributed by atoms with Crippen LogP contribution in [-0.4, -0.2) is 66.1 Å². The second-order valence-corrected chi connectivity index (χ2v) is 8.10. The Balaban J connectivity index is 1.38. The van der Waals surface area contributed by atoms with Crippen molar-refractivity contribution in [1.82, 2.24) is 20.1 Å². The van der Waals surface area contributed by atoms with Crippen LogP contribution < -0.4 is 5.32 Å². The maximum atomic E-state index is 12.2. The summed E-state index contributed by atoms with van der Waals surface area (Å²) in [5, 5.41) is 3.67. The van der Waals surface area contributed by atoms with Crippen molar-refractivity contribution in [2.24, 2.45) is 0 Å². The number of hydrogen-bond donors (Lipinski definition) is 1. The van der Waals surface area contributed by atoms with E-state index >= 15 is 0 Å². The molecule has 2 heterocycles. The van der Waals surface area contributed by atoms with Crippen LogP contribution in [0.5, 0.6) is 0 Å². The number of amides is 1. The van der Waals surface area contributed by atoms with E-state index in [1.54, 1.807) is 0 Å². The van der Waals surface area contributed by atoms with Gasteiger partial charge in [-0.2, -0.15) is 0 Å². The highest BCUT2D eigenvalue weighted by molar-refractivity contribution is 6.30. The normalized spacial score (nSPS) is 17.6. The summed E-state index contributed by atoms with van der Waals surface area (Å²) in [4.78, 5) is 21.3. The lowest BCUT2D eigenvalue weighted by Crippen LogP contribution is -2.41. The fraction of sp³-hybridized carbons (Fsp3) is 0.524. The molecular formula is C21H27ClN4O3. The fourth-order valence-electron chi connectivity index (χ4n) is 3.34. The smallest absolute Gasteiger partial charge is 0.273 e. The lowest BCUT2D eigenvalue weighted by atomic mass is 10.2. The van der Waals surface area contributed by atoms with E-state index in [0.29, 0.717) is 24.2 Å². The zero-order valence-electron chi connectivity index (χ0n) is 16.5. The average Bonchev–Trinajstić information content (AvgIpc) is 3.43. The molecule has 1 saturated carbocycles. The van der Waals surface area contributed by atoms with E-state index in [9.17, 15) is 4.79 Å². The van der Waals surface area contributed by atoms with Crippen molar-refractivity contribution < 1.29 is 13.9 Å². The maximum absolute atomic E-state index is 12.2. The fourth-order valence-corrected chi connectivity index (χ4v) is 3.46. The number of carbonyl (C=O) groups is 1. The minimum atomic E-state index is -0.153. The molecule has 1 saturated heterocycles. The van der Waals surface area contributed by atoms with E-state index in [4.69, 9.17) is 20.8 Å². The van der Waals surface area contributed by atoms with Crippen LogP contribution in [-0.2, 0) is 17.8 Å². The van der Waals surface area contributed by atoms with E-state index in [2.05, 4.69) is 20.1 Å². The van der Waals surface area contributed by atoms with Gasteiger partial charge in [0.2, 0.25) is 5.89 Å². The van der Waals surface area contributed by atoms with Crippen molar-refractivity contribution >= 4 is 17.5 Å². The molecule has 2 fully saturated rings. The highest BCUT2D eigenvalue weighted by Crippen LogP contribution is 2.19. The number of halogens is 1. The molecule has 1 aliphatic carbocycles. The van der Waals surface area contributed by atoms with Crippen LogP contribution in [0.2, 0.25) is 5.02 Å². The molecule has 2 aliphatic rings. The second kappa shape index (κ2) is 9.71.